The van der Waals surface area contributed by atoms with E-state index in [1.807, 2.05) is 42.3 Å². The maximum atomic E-state index is 12.3. The molecule has 0 bridgehead atoms. The summed E-state index contributed by atoms with van der Waals surface area (Å²) in [6, 6.07) is 1.59. The Hall–Kier alpha value is -2.15. The number of aryl methyl sites for hydroxylation is 1. The highest BCUT2D eigenvalue weighted by molar-refractivity contribution is 5.95. The molecule has 2 rings (SSSR count). The average molecular weight is 291 g/mol. The molecule has 0 aliphatic carbocycles. The molecule has 1 atom stereocenters. The van der Waals surface area contributed by atoms with Crippen molar-refractivity contribution < 1.29 is 9.53 Å². The molecular weight excluding hydrogens is 270 g/mol. The van der Waals surface area contributed by atoms with Crippen LogP contribution in [-0.4, -0.2) is 39.0 Å². The molecule has 2 aromatic rings. The van der Waals surface area contributed by atoms with Crippen LogP contribution in [0.2, 0.25) is 0 Å². The standard InChI is InChI=1S/C14H21N5O2/c1-10(13-17-15-9-19(13)7-8-21-4)16-14(20)12-5-6-18(3)11(12)2/h5-6,9-10H,7-8H2,1-4H3,(H,16,20). The van der Waals surface area contributed by atoms with Crippen molar-refractivity contribution in [2.45, 2.75) is 26.4 Å². The lowest BCUT2D eigenvalue weighted by Gasteiger charge is -2.14. The Labute approximate surface area is 123 Å². The van der Waals surface area contributed by atoms with Gasteiger partial charge in [-0.15, -0.1) is 10.2 Å². The van der Waals surface area contributed by atoms with E-state index in [9.17, 15) is 4.79 Å². The van der Waals surface area contributed by atoms with Gasteiger partial charge in [-0.05, 0) is 19.9 Å². The number of aromatic nitrogens is 4. The molecular formula is C14H21N5O2. The van der Waals surface area contributed by atoms with E-state index < -0.39 is 0 Å². The van der Waals surface area contributed by atoms with Crippen molar-refractivity contribution in [1.29, 1.82) is 0 Å². The summed E-state index contributed by atoms with van der Waals surface area (Å²) in [5.74, 6) is 0.607. The highest BCUT2D eigenvalue weighted by Gasteiger charge is 2.18. The molecule has 0 aliphatic rings. The zero-order valence-corrected chi connectivity index (χ0v) is 12.8. The van der Waals surface area contributed by atoms with Crippen molar-refractivity contribution in [3.8, 4) is 0 Å². The van der Waals surface area contributed by atoms with Gasteiger partial charge in [0, 0.05) is 32.6 Å². The Balaban J connectivity index is 2.07. The number of nitrogens with one attached hydrogen (secondary N) is 1. The van der Waals surface area contributed by atoms with Crippen LogP contribution < -0.4 is 5.32 Å². The number of ether oxygens (including phenoxy) is 1. The minimum Gasteiger partial charge on any atom is -0.383 e. The van der Waals surface area contributed by atoms with Crippen LogP contribution in [0, 0.1) is 6.92 Å². The van der Waals surface area contributed by atoms with Gasteiger partial charge in [0.15, 0.2) is 5.82 Å². The van der Waals surface area contributed by atoms with Crippen molar-refractivity contribution in [2.24, 2.45) is 7.05 Å². The molecule has 1 unspecified atom stereocenters. The number of carbonyl (C=O) groups is 1. The summed E-state index contributed by atoms with van der Waals surface area (Å²) in [4.78, 5) is 12.3. The Morgan fingerprint density at radius 1 is 1.52 bits per heavy atom. The minimum atomic E-state index is -0.225. The molecule has 2 aromatic heterocycles. The Morgan fingerprint density at radius 2 is 2.29 bits per heavy atom. The number of methoxy groups -OCH3 is 1. The van der Waals surface area contributed by atoms with Gasteiger partial charge in [0.1, 0.15) is 6.33 Å². The van der Waals surface area contributed by atoms with E-state index in [2.05, 4.69) is 15.5 Å². The van der Waals surface area contributed by atoms with Crippen molar-refractivity contribution >= 4 is 5.91 Å². The summed E-state index contributed by atoms with van der Waals surface area (Å²) >= 11 is 0. The molecule has 7 nitrogen and oxygen atoms in total. The molecule has 21 heavy (non-hydrogen) atoms. The van der Waals surface area contributed by atoms with Crippen LogP contribution in [0.3, 0.4) is 0 Å². The SMILES string of the molecule is COCCn1cnnc1C(C)NC(=O)c1ccn(C)c1C. The predicted octanol–water partition coefficient (Wildman–Crippen LogP) is 1.06. The Kier molecular flexibility index (Phi) is 4.74. The second-order valence-electron chi connectivity index (χ2n) is 5.00. The van der Waals surface area contributed by atoms with E-state index in [4.69, 9.17) is 4.74 Å². The molecule has 0 saturated heterocycles. The van der Waals surface area contributed by atoms with Crippen molar-refractivity contribution in [1.82, 2.24) is 24.6 Å². The van der Waals surface area contributed by atoms with Crippen LogP contribution in [0.4, 0.5) is 0 Å². The molecule has 0 spiro atoms. The van der Waals surface area contributed by atoms with Crippen LogP contribution in [0.15, 0.2) is 18.6 Å². The zero-order valence-electron chi connectivity index (χ0n) is 12.8. The number of carbonyl (C=O) groups excluding carboxylic acids is 1. The third-order valence-electron chi connectivity index (χ3n) is 3.54. The second-order valence-corrected chi connectivity index (χ2v) is 5.00. The topological polar surface area (TPSA) is 74.0 Å². The van der Waals surface area contributed by atoms with Crippen molar-refractivity contribution in [3.63, 3.8) is 0 Å². The van der Waals surface area contributed by atoms with E-state index >= 15 is 0 Å². The van der Waals surface area contributed by atoms with Gasteiger partial charge in [-0.3, -0.25) is 4.79 Å². The summed E-state index contributed by atoms with van der Waals surface area (Å²) in [5, 5.41) is 10.9. The predicted molar refractivity (Wildman–Crippen MR) is 77.9 cm³/mol. The van der Waals surface area contributed by atoms with Crippen molar-refractivity contribution in [2.75, 3.05) is 13.7 Å². The van der Waals surface area contributed by atoms with Gasteiger partial charge in [-0.25, -0.2) is 0 Å². The van der Waals surface area contributed by atoms with E-state index in [0.29, 0.717) is 24.5 Å². The first-order valence-corrected chi connectivity index (χ1v) is 6.84. The van der Waals surface area contributed by atoms with Gasteiger partial charge in [0.25, 0.3) is 5.91 Å². The van der Waals surface area contributed by atoms with E-state index in [0.717, 1.165) is 5.69 Å². The second kappa shape index (κ2) is 6.53. The number of amides is 1. The third kappa shape index (κ3) is 3.30. The van der Waals surface area contributed by atoms with Crippen LogP contribution in [0.1, 0.15) is 34.8 Å². The van der Waals surface area contributed by atoms with Crippen LogP contribution in [0.25, 0.3) is 0 Å². The van der Waals surface area contributed by atoms with Crippen molar-refractivity contribution in [3.05, 3.63) is 35.7 Å². The summed E-state index contributed by atoms with van der Waals surface area (Å²) < 4.78 is 8.85. The normalized spacial score (nSPS) is 12.4. The lowest BCUT2D eigenvalue weighted by Crippen LogP contribution is -2.29. The molecule has 114 valence electrons. The van der Waals surface area contributed by atoms with Crippen LogP contribution in [-0.2, 0) is 18.3 Å². The van der Waals surface area contributed by atoms with Crippen LogP contribution in [0.5, 0.6) is 0 Å². The van der Waals surface area contributed by atoms with Crippen LogP contribution >= 0.6 is 0 Å². The monoisotopic (exact) mass is 291 g/mol. The largest absolute Gasteiger partial charge is 0.383 e. The fraction of sp³-hybridized carbons (Fsp3) is 0.500. The van der Waals surface area contributed by atoms with Gasteiger partial charge >= 0.3 is 0 Å². The van der Waals surface area contributed by atoms with Gasteiger partial charge in [-0.2, -0.15) is 0 Å². The summed E-state index contributed by atoms with van der Waals surface area (Å²) in [7, 11) is 3.56. The first-order valence-electron chi connectivity index (χ1n) is 6.84. The fourth-order valence-corrected chi connectivity index (χ4v) is 2.15. The van der Waals surface area contributed by atoms with Gasteiger partial charge < -0.3 is 19.2 Å². The number of nitrogens with zero attached hydrogens (tertiary/aromatic N) is 4. The molecule has 2 heterocycles. The molecule has 0 radical (unpaired) electrons. The molecule has 0 aliphatic heterocycles. The quantitative estimate of drug-likeness (QED) is 0.863. The lowest BCUT2D eigenvalue weighted by atomic mass is 10.2. The van der Waals surface area contributed by atoms with E-state index in [1.165, 1.54) is 0 Å². The fourth-order valence-electron chi connectivity index (χ4n) is 2.15. The van der Waals surface area contributed by atoms with E-state index in [1.54, 1.807) is 13.4 Å². The average Bonchev–Trinajstić information content (AvgIpc) is 3.04. The summed E-state index contributed by atoms with van der Waals surface area (Å²) in [5.41, 5.74) is 1.60. The Bertz CT molecular complexity index is 617. The molecule has 1 N–H and O–H groups in total. The van der Waals surface area contributed by atoms with Gasteiger partial charge in [0.2, 0.25) is 0 Å². The lowest BCUT2D eigenvalue weighted by molar-refractivity contribution is 0.0936. The first-order chi connectivity index (χ1) is 10.0. The maximum Gasteiger partial charge on any atom is 0.253 e. The van der Waals surface area contributed by atoms with Gasteiger partial charge in [-0.1, -0.05) is 0 Å². The molecule has 7 heteroatoms. The molecule has 0 saturated carbocycles. The van der Waals surface area contributed by atoms with E-state index in [-0.39, 0.29) is 11.9 Å². The zero-order chi connectivity index (χ0) is 15.4. The minimum absolute atomic E-state index is 0.109. The Morgan fingerprint density at radius 3 is 2.90 bits per heavy atom. The third-order valence-corrected chi connectivity index (χ3v) is 3.54. The first kappa shape index (κ1) is 15.2. The molecule has 0 aromatic carbocycles. The summed E-state index contributed by atoms with van der Waals surface area (Å²) in [6.07, 6.45) is 3.51. The number of rotatable bonds is 6. The molecule has 0 fully saturated rings. The maximum absolute atomic E-state index is 12.3. The van der Waals surface area contributed by atoms with Gasteiger partial charge in [0.05, 0.1) is 18.2 Å². The highest BCUT2D eigenvalue weighted by atomic mass is 16.5. The highest BCUT2D eigenvalue weighted by Crippen LogP contribution is 2.13. The number of hydrogen-bond donors (Lipinski definition) is 1. The smallest absolute Gasteiger partial charge is 0.253 e. The molecule has 1 amide bonds. The number of hydrogen-bond acceptors (Lipinski definition) is 4. The summed E-state index contributed by atoms with van der Waals surface area (Å²) in [6.45, 7) is 5.04.